The molecule has 0 saturated heterocycles. The molecule has 4 nitrogen and oxygen atoms in total. The summed E-state index contributed by atoms with van der Waals surface area (Å²) in [4.78, 5) is 4.62. The third kappa shape index (κ3) is 2.56. The normalized spacial score (nSPS) is 12.3. The van der Waals surface area contributed by atoms with Crippen LogP contribution in [0.1, 0.15) is 31.6 Å². The summed E-state index contributed by atoms with van der Waals surface area (Å²) in [6.45, 7) is 2.59. The van der Waals surface area contributed by atoms with E-state index in [2.05, 4.69) is 17.8 Å². The van der Waals surface area contributed by atoms with Gasteiger partial charge in [-0.25, -0.2) is 4.98 Å². The number of fused-ring (bicyclic) bond motifs is 1. The van der Waals surface area contributed by atoms with Crippen LogP contribution in [0.3, 0.4) is 0 Å². The zero-order valence-corrected chi connectivity index (χ0v) is 11.4. The molecule has 0 fully saturated rings. The molecule has 19 heavy (non-hydrogen) atoms. The van der Waals surface area contributed by atoms with E-state index in [9.17, 15) is 0 Å². The molecule has 0 aliphatic heterocycles. The van der Waals surface area contributed by atoms with Gasteiger partial charge in [-0.05, 0) is 18.6 Å². The fourth-order valence-electron chi connectivity index (χ4n) is 2.24. The van der Waals surface area contributed by atoms with Crippen molar-refractivity contribution in [2.24, 2.45) is 5.73 Å². The number of nitrogens with zero attached hydrogens (tertiary/aromatic N) is 2. The fraction of sp³-hybridized carbons (Fsp3) is 0.400. The Labute approximate surface area is 113 Å². The van der Waals surface area contributed by atoms with Gasteiger partial charge >= 0.3 is 0 Å². The lowest BCUT2D eigenvalue weighted by molar-refractivity contribution is 0.415. The van der Waals surface area contributed by atoms with E-state index in [1.807, 2.05) is 22.8 Å². The van der Waals surface area contributed by atoms with Gasteiger partial charge in [-0.1, -0.05) is 19.3 Å². The van der Waals surface area contributed by atoms with Crippen LogP contribution in [0.15, 0.2) is 18.2 Å². The number of imidazole rings is 1. The topological polar surface area (TPSA) is 53.1 Å². The zero-order chi connectivity index (χ0) is 13.8. The molecule has 1 aromatic heterocycles. The Kier molecular flexibility index (Phi) is 4.08. The summed E-state index contributed by atoms with van der Waals surface area (Å²) in [5.41, 5.74) is 8.06. The minimum atomic E-state index is -0.0863. The van der Waals surface area contributed by atoms with Gasteiger partial charge in [0.1, 0.15) is 11.6 Å². The highest BCUT2D eigenvalue weighted by atomic mass is 16.5. The van der Waals surface area contributed by atoms with E-state index in [0.29, 0.717) is 6.54 Å². The van der Waals surface area contributed by atoms with Crippen LogP contribution in [0.2, 0.25) is 0 Å². The molecule has 0 saturated carbocycles. The minimum absolute atomic E-state index is 0.0863. The molecule has 0 aliphatic rings. The van der Waals surface area contributed by atoms with Gasteiger partial charge in [-0.2, -0.15) is 0 Å². The van der Waals surface area contributed by atoms with Gasteiger partial charge in [-0.3, -0.25) is 0 Å². The van der Waals surface area contributed by atoms with Gasteiger partial charge in [-0.15, -0.1) is 6.42 Å². The molecule has 1 aromatic carbocycles. The highest BCUT2D eigenvalue weighted by Gasteiger charge is 2.16. The van der Waals surface area contributed by atoms with Crippen molar-refractivity contribution < 1.29 is 4.74 Å². The van der Waals surface area contributed by atoms with Gasteiger partial charge in [0.05, 0.1) is 30.7 Å². The second-order valence-electron chi connectivity index (χ2n) is 4.51. The van der Waals surface area contributed by atoms with Crippen molar-refractivity contribution in [1.82, 2.24) is 9.55 Å². The molecular weight excluding hydrogens is 238 g/mol. The molecule has 0 amide bonds. The first kappa shape index (κ1) is 13.4. The van der Waals surface area contributed by atoms with Crippen molar-refractivity contribution in [1.29, 1.82) is 0 Å². The van der Waals surface area contributed by atoms with E-state index in [4.69, 9.17) is 16.9 Å². The number of methoxy groups -OCH3 is 1. The molecule has 0 radical (unpaired) electrons. The van der Waals surface area contributed by atoms with Crippen LogP contribution in [-0.4, -0.2) is 16.7 Å². The lowest BCUT2D eigenvalue weighted by Crippen LogP contribution is -2.16. The number of benzene rings is 1. The van der Waals surface area contributed by atoms with Gasteiger partial charge in [0.15, 0.2) is 0 Å². The molecule has 1 unspecified atom stereocenters. The summed E-state index contributed by atoms with van der Waals surface area (Å²) < 4.78 is 7.23. The van der Waals surface area contributed by atoms with Crippen molar-refractivity contribution in [3.05, 3.63) is 24.0 Å². The molecule has 2 rings (SSSR count). The highest BCUT2D eigenvalue weighted by Crippen LogP contribution is 2.25. The first-order valence-corrected chi connectivity index (χ1v) is 6.44. The first-order valence-electron chi connectivity index (χ1n) is 6.44. The predicted octanol–water partition coefficient (Wildman–Crippen LogP) is 2.48. The van der Waals surface area contributed by atoms with E-state index in [1.165, 1.54) is 0 Å². The summed E-state index contributed by atoms with van der Waals surface area (Å²) >= 11 is 0. The Morgan fingerprint density at radius 1 is 1.53 bits per heavy atom. The molecular formula is C15H19N3O. The summed E-state index contributed by atoms with van der Waals surface area (Å²) in [6.07, 6.45) is 7.36. The maximum Gasteiger partial charge on any atom is 0.127 e. The average molecular weight is 257 g/mol. The monoisotopic (exact) mass is 257 g/mol. The molecule has 2 aromatic rings. The molecule has 1 atom stereocenters. The van der Waals surface area contributed by atoms with E-state index in [-0.39, 0.29) is 6.04 Å². The maximum absolute atomic E-state index is 6.19. The zero-order valence-electron chi connectivity index (χ0n) is 11.4. The standard InChI is InChI=1S/C15H19N3O/c1-4-6-12(16)15-17-13-10-11(19-3)7-8-14(13)18(15)9-5-2/h2,7-8,10,12H,4,6,9,16H2,1,3H3. The van der Waals surface area contributed by atoms with Crippen molar-refractivity contribution in [2.75, 3.05) is 7.11 Å². The van der Waals surface area contributed by atoms with Crippen LogP contribution in [0.5, 0.6) is 5.75 Å². The van der Waals surface area contributed by atoms with E-state index in [1.54, 1.807) is 7.11 Å². The second kappa shape index (κ2) is 5.77. The molecule has 2 N–H and O–H groups in total. The summed E-state index contributed by atoms with van der Waals surface area (Å²) in [7, 11) is 1.64. The summed E-state index contributed by atoms with van der Waals surface area (Å²) in [5.74, 6) is 4.30. The van der Waals surface area contributed by atoms with Gasteiger partial charge in [0.25, 0.3) is 0 Å². The predicted molar refractivity (Wildman–Crippen MR) is 77.0 cm³/mol. The molecule has 0 spiro atoms. The number of aromatic nitrogens is 2. The van der Waals surface area contributed by atoms with Gasteiger partial charge in [0.2, 0.25) is 0 Å². The lowest BCUT2D eigenvalue weighted by Gasteiger charge is -2.11. The Morgan fingerprint density at radius 3 is 2.95 bits per heavy atom. The highest BCUT2D eigenvalue weighted by molar-refractivity contribution is 5.78. The van der Waals surface area contributed by atoms with Crippen LogP contribution in [-0.2, 0) is 6.54 Å². The van der Waals surface area contributed by atoms with E-state index in [0.717, 1.165) is 35.4 Å². The van der Waals surface area contributed by atoms with E-state index >= 15 is 0 Å². The number of terminal acetylenes is 1. The maximum atomic E-state index is 6.19. The molecule has 1 heterocycles. The van der Waals surface area contributed by atoms with Crippen LogP contribution in [0.4, 0.5) is 0 Å². The first-order chi connectivity index (χ1) is 9.21. The molecule has 0 bridgehead atoms. The van der Waals surface area contributed by atoms with Crippen LogP contribution >= 0.6 is 0 Å². The van der Waals surface area contributed by atoms with Gasteiger partial charge < -0.3 is 15.0 Å². The van der Waals surface area contributed by atoms with Crippen molar-refractivity contribution in [3.63, 3.8) is 0 Å². The largest absolute Gasteiger partial charge is 0.497 e. The van der Waals surface area contributed by atoms with Crippen molar-refractivity contribution in [3.8, 4) is 18.1 Å². The third-order valence-electron chi connectivity index (χ3n) is 3.17. The Bertz CT molecular complexity index is 610. The summed E-state index contributed by atoms with van der Waals surface area (Å²) in [6, 6.07) is 5.70. The van der Waals surface area contributed by atoms with Crippen molar-refractivity contribution >= 4 is 11.0 Å². The minimum Gasteiger partial charge on any atom is -0.497 e. The SMILES string of the molecule is C#CCn1c(C(N)CCC)nc2cc(OC)ccc21. The second-order valence-corrected chi connectivity index (χ2v) is 4.51. The van der Waals surface area contributed by atoms with Crippen LogP contribution in [0.25, 0.3) is 11.0 Å². The molecule has 0 aliphatic carbocycles. The number of hydrogen-bond acceptors (Lipinski definition) is 3. The average Bonchev–Trinajstić information content (AvgIpc) is 2.77. The third-order valence-corrected chi connectivity index (χ3v) is 3.17. The molecule has 4 heteroatoms. The number of ether oxygens (including phenoxy) is 1. The fourth-order valence-corrected chi connectivity index (χ4v) is 2.24. The lowest BCUT2D eigenvalue weighted by atomic mass is 10.2. The smallest absolute Gasteiger partial charge is 0.127 e. The van der Waals surface area contributed by atoms with Gasteiger partial charge in [0, 0.05) is 6.07 Å². The van der Waals surface area contributed by atoms with Crippen LogP contribution in [0, 0.1) is 12.3 Å². The van der Waals surface area contributed by atoms with Crippen molar-refractivity contribution in [2.45, 2.75) is 32.4 Å². The number of nitrogens with two attached hydrogens (primary N) is 1. The Balaban J connectivity index is 2.55. The summed E-state index contributed by atoms with van der Waals surface area (Å²) in [5, 5.41) is 0. The Hall–Kier alpha value is -1.99. The van der Waals surface area contributed by atoms with E-state index < -0.39 is 0 Å². The quantitative estimate of drug-likeness (QED) is 0.837. The van der Waals surface area contributed by atoms with Crippen LogP contribution < -0.4 is 10.5 Å². The number of hydrogen-bond donors (Lipinski definition) is 1. The Morgan fingerprint density at radius 2 is 2.32 bits per heavy atom. The molecule has 100 valence electrons. The number of rotatable bonds is 5.